The van der Waals surface area contributed by atoms with Crippen molar-refractivity contribution >= 4 is 6.03 Å². The Hall–Kier alpha value is -0.990. The minimum atomic E-state index is 0.0558. The topological polar surface area (TPSA) is 32.3 Å². The van der Waals surface area contributed by atoms with Crippen LogP contribution in [-0.4, -0.2) is 24.0 Å². The normalized spacial score (nSPS) is 15.8. The van der Waals surface area contributed by atoms with Crippen LogP contribution in [0.15, 0.2) is 11.8 Å². The molecule has 0 radical (unpaired) electrons. The van der Waals surface area contributed by atoms with Gasteiger partial charge in [0.1, 0.15) is 0 Å². The van der Waals surface area contributed by atoms with Gasteiger partial charge < -0.3 is 10.2 Å². The van der Waals surface area contributed by atoms with Crippen molar-refractivity contribution in [1.29, 1.82) is 0 Å². The predicted octanol–water partition coefficient (Wildman–Crippen LogP) is 3.52. The van der Waals surface area contributed by atoms with Crippen molar-refractivity contribution in [2.45, 2.75) is 52.9 Å². The molecule has 0 spiro atoms. The molecule has 0 aromatic carbocycles. The van der Waals surface area contributed by atoms with E-state index in [9.17, 15) is 4.79 Å². The number of hydrogen-bond acceptors (Lipinski definition) is 1. The second-order valence-electron chi connectivity index (χ2n) is 4.95. The van der Waals surface area contributed by atoms with Gasteiger partial charge in [-0.1, -0.05) is 25.8 Å². The lowest BCUT2D eigenvalue weighted by molar-refractivity contribution is 0.200. The van der Waals surface area contributed by atoms with Crippen LogP contribution in [0.5, 0.6) is 0 Å². The van der Waals surface area contributed by atoms with E-state index in [0.29, 0.717) is 0 Å². The van der Waals surface area contributed by atoms with Crippen molar-refractivity contribution < 1.29 is 4.79 Å². The molecule has 1 rings (SSSR count). The number of rotatable bonds is 7. The van der Waals surface area contributed by atoms with E-state index < -0.39 is 0 Å². The lowest BCUT2D eigenvalue weighted by Crippen LogP contribution is -2.38. The summed E-state index contributed by atoms with van der Waals surface area (Å²) < 4.78 is 0. The summed E-state index contributed by atoms with van der Waals surface area (Å²) in [4.78, 5) is 13.9. The number of nitrogens with one attached hydrogen (secondary N) is 1. The van der Waals surface area contributed by atoms with E-state index in [1.54, 1.807) is 0 Å². The van der Waals surface area contributed by atoms with E-state index >= 15 is 0 Å². The van der Waals surface area contributed by atoms with Gasteiger partial charge in [0.15, 0.2) is 0 Å². The Kier molecular flexibility index (Phi) is 6.09. The molecule has 0 aromatic rings. The summed E-state index contributed by atoms with van der Waals surface area (Å²) >= 11 is 0. The molecule has 1 aliphatic rings. The Morgan fingerprint density at radius 1 is 1.29 bits per heavy atom. The number of urea groups is 1. The van der Waals surface area contributed by atoms with Crippen molar-refractivity contribution in [2.75, 3.05) is 13.1 Å². The van der Waals surface area contributed by atoms with Gasteiger partial charge in [-0.05, 0) is 38.5 Å². The van der Waals surface area contributed by atoms with Gasteiger partial charge in [-0.15, -0.1) is 0 Å². The van der Waals surface area contributed by atoms with Crippen LogP contribution >= 0.6 is 0 Å². The highest BCUT2D eigenvalue weighted by atomic mass is 16.2. The first kappa shape index (κ1) is 14.1. The average molecular weight is 238 g/mol. The third kappa shape index (κ3) is 5.24. The van der Waals surface area contributed by atoms with Crippen LogP contribution < -0.4 is 5.32 Å². The van der Waals surface area contributed by atoms with Crippen LogP contribution in [0.25, 0.3) is 0 Å². The molecule has 0 aliphatic heterocycles. The zero-order chi connectivity index (χ0) is 12.7. The molecule has 1 fully saturated rings. The molecule has 0 bridgehead atoms. The maximum Gasteiger partial charge on any atom is 0.321 e. The van der Waals surface area contributed by atoms with Crippen LogP contribution in [0.2, 0.25) is 0 Å². The molecule has 0 saturated heterocycles. The number of nitrogens with zero attached hydrogens (tertiary/aromatic N) is 1. The SMILES string of the molecule is CCCCN(CCC)C(=O)N/C=C(\C)C1CC1. The second-order valence-corrected chi connectivity index (χ2v) is 4.95. The van der Waals surface area contributed by atoms with Gasteiger partial charge >= 0.3 is 6.03 Å². The molecular weight excluding hydrogens is 212 g/mol. The molecule has 1 saturated carbocycles. The summed E-state index contributed by atoms with van der Waals surface area (Å²) in [5, 5.41) is 2.92. The highest BCUT2D eigenvalue weighted by Crippen LogP contribution is 2.35. The zero-order valence-electron chi connectivity index (χ0n) is 11.5. The minimum Gasteiger partial charge on any atom is -0.325 e. The Morgan fingerprint density at radius 2 is 2.00 bits per heavy atom. The monoisotopic (exact) mass is 238 g/mol. The van der Waals surface area contributed by atoms with E-state index in [4.69, 9.17) is 0 Å². The fraction of sp³-hybridized carbons (Fsp3) is 0.786. The van der Waals surface area contributed by atoms with Crippen LogP contribution in [0, 0.1) is 5.92 Å². The summed E-state index contributed by atoms with van der Waals surface area (Å²) in [5.41, 5.74) is 1.31. The third-order valence-electron chi connectivity index (χ3n) is 3.21. The van der Waals surface area contributed by atoms with Crippen molar-refractivity contribution in [3.8, 4) is 0 Å². The molecule has 0 heterocycles. The van der Waals surface area contributed by atoms with E-state index in [1.807, 2.05) is 11.1 Å². The minimum absolute atomic E-state index is 0.0558. The highest BCUT2D eigenvalue weighted by Gasteiger charge is 2.23. The van der Waals surface area contributed by atoms with Gasteiger partial charge in [0.2, 0.25) is 0 Å². The van der Waals surface area contributed by atoms with E-state index in [1.165, 1.54) is 18.4 Å². The molecule has 1 aliphatic carbocycles. The van der Waals surface area contributed by atoms with Gasteiger partial charge in [0, 0.05) is 19.3 Å². The van der Waals surface area contributed by atoms with E-state index in [2.05, 4.69) is 26.1 Å². The molecular formula is C14H26N2O. The molecule has 17 heavy (non-hydrogen) atoms. The first-order valence-corrected chi connectivity index (χ1v) is 6.91. The first-order chi connectivity index (χ1) is 8.19. The van der Waals surface area contributed by atoms with Gasteiger partial charge in [-0.2, -0.15) is 0 Å². The van der Waals surface area contributed by atoms with Crippen molar-refractivity contribution in [1.82, 2.24) is 10.2 Å². The predicted molar refractivity (Wildman–Crippen MR) is 71.8 cm³/mol. The smallest absolute Gasteiger partial charge is 0.321 e. The lowest BCUT2D eigenvalue weighted by Gasteiger charge is -2.21. The number of unbranched alkanes of at least 4 members (excludes halogenated alkanes) is 1. The summed E-state index contributed by atoms with van der Waals surface area (Å²) in [7, 11) is 0. The third-order valence-corrected chi connectivity index (χ3v) is 3.21. The number of hydrogen-bond donors (Lipinski definition) is 1. The number of carbonyl (C=O) groups excluding carboxylic acids is 1. The second kappa shape index (κ2) is 7.36. The summed E-state index contributed by atoms with van der Waals surface area (Å²) in [6.45, 7) is 8.08. The number of amides is 2. The maximum atomic E-state index is 12.0. The number of carbonyl (C=O) groups is 1. The maximum absolute atomic E-state index is 12.0. The summed E-state index contributed by atoms with van der Waals surface area (Å²) in [6.07, 6.45) is 7.69. The molecule has 98 valence electrons. The van der Waals surface area contributed by atoms with Gasteiger partial charge in [-0.3, -0.25) is 0 Å². The van der Waals surface area contributed by atoms with Gasteiger partial charge in [0.25, 0.3) is 0 Å². The molecule has 1 N–H and O–H groups in total. The van der Waals surface area contributed by atoms with Crippen LogP contribution in [-0.2, 0) is 0 Å². The van der Waals surface area contributed by atoms with E-state index in [0.717, 1.165) is 38.3 Å². The Balaban J connectivity index is 2.37. The lowest BCUT2D eigenvalue weighted by atomic mass is 10.2. The van der Waals surface area contributed by atoms with E-state index in [-0.39, 0.29) is 6.03 Å². The Bertz CT molecular complexity index is 269. The molecule has 0 atom stereocenters. The first-order valence-electron chi connectivity index (χ1n) is 6.91. The fourth-order valence-electron chi connectivity index (χ4n) is 1.86. The van der Waals surface area contributed by atoms with Gasteiger partial charge in [-0.25, -0.2) is 4.79 Å². The van der Waals surface area contributed by atoms with Crippen LogP contribution in [0.3, 0.4) is 0 Å². The molecule has 3 nitrogen and oxygen atoms in total. The molecule has 0 aromatic heterocycles. The number of allylic oxidation sites excluding steroid dienone is 1. The summed E-state index contributed by atoms with van der Waals surface area (Å²) in [5.74, 6) is 0.727. The zero-order valence-corrected chi connectivity index (χ0v) is 11.5. The fourth-order valence-corrected chi connectivity index (χ4v) is 1.86. The summed E-state index contributed by atoms with van der Waals surface area (Å²) in [6, 6.07) is 0.0558. The standard InChI is InChI=1S/C14H26N2O/c1-4-6-10-16(9-5-2)14(17)15-11-12(3)13-7-8-13/h11,13H,4-10H2,1-3H3,(H,15,17)/b12-11+. The molecule has 0 unspecified atom stereocenters. The van der Waals surface area contributed by atoms with Crippen LogP contribution in [0.4, 0.5) is 4.79 Å². The quantitative estimate of drug-likeness (QED) is 0.723. The Morgan fingerprint density at radius 3 is 2.53 bits per heavy atom. The molecule has 2 amide bonds. The Labute approximate surface area is 105 Å². The van der Waals surface area contributed by atoms with Crippen molar-refractivity contribution in [3.63, 3.8) is 0 Å². The largest absolute Gasteiger partial charge is 0.325 e. The van der Waals surface area contributed by atoms with Gasteiger partial charge in [0.05, 0.1) is 0 Å². The highest BCUT2D eigenvalue weighted by molar-refractivity contribution is 5.75. The molecule has 3 heteroatoms. The van der Waals surface area contributed by atoms with Crippen molar-refractivity contribution in [3.05, 3.63) is 11.8 Å². The average Bonchev–Trinajstić information content (AvgIpc) is 3.15. The van der Waals surface area contributed by atoms with Crippen LogP contribution in [0.1, 0.15) is 52.9 Å². The van der Waals surface area contributed by atoms with Crippen molar-refractivity contribution in [2.24, 2.45) is 5.92 Å².